The summed E-state index contributed by atoms with van der Waals surface area (Å²) >= 11 is 0. The fourth-order valence-corrected chi connectivity index (χ4v) is 2.01. The number of rotatable bonds is 2. The van der Waals surface area contributed by atoms with Crippen molar-refractivity contribution in [1.82, 2.24) is 0 Å². The van der Waals surface area contributed by atoms with E-state index in [4.69, 9.17) is 5.73 Å². The number of hydrogen-bond acceptors (Lipinski definition) is 3. The Labute approximate surface area is 119 Å². The number of nitrogens with two attached hydrogens (primary N) is 1. The lowest BCUT2D eigenvalue weighted by Crippen LogP contribution is -2.08. The van der Waals surface area contributed by atoms with Crippen molar-refractivity contribution in [2.75, 3.05) is 12.8 Å². The summed E-state index contributed by atoms with van der Waals surface area (Å²) in [7, 11) is 1.20. The van der Waals surface area contributed by atoms with Crippen LogP contribution in [0.3, 0.4) is 0 Å². The Hall–Kier alpha value is -2.50. The van der Waals surface area contributed by atoms with Crippen LogP contribution < -0.4 is 5.73 Å². The molecule has 0 aromatic heterocycles. The lowest BCUT2D eigenvalue weighted by atomic mass is 9.97. The van der Waals surface area contributed by atoms with Crippen LogP contribution in [0.5, 0.6) is 0 Å². The number of anilines is 1. The average Bonchev–Trinajstić information content (AvgIpc) is 2.45. The van der Waals surface area contributed by atoms with Gasteiger partial charge < -0.3 is 10.5 Å². The molecule has 0 fully saturated rings. The van der Waals surface area contributed by atoms with Crippen LogP contribution >= 0.6 is 0 Å². The molecular weight excluding hydrogens is 283 g/mol. The van der Waals surface area contributed by atoms with Crippen molar-refractivity contribution in [1.29, 1.82) is 0 Å². The van der Waals surface area contributed by atoms with E-state index in [1.807, 2.05) is 0 Å². The van der Waals surface area contributed by atoms with Crippen molar-refractivity contribution in [3.8, 4) is 11.1 Å². The fraction of sp³-hybridized carbons (Fsp3) is 0.133. The highest BCUT2D eigenvalue weighted by molar-refractivity contribution is 5.96. The Bertz CT molecular complexity index is 681. The first-order chi connectivity index (χ1) is 9.84. The summed E-state index contributed by atoms with van der Waals surface area (Å²) in [5.41, 5.74) is 5.43. The number of halogens is 3. The minimum absolute atomic E-state index is 0.00751. The molecule has 2 aromatic rings. The van der Waals surface area contributed by atoms with Gasteiger partial charge in [-0.1, -0.05) is 24.3 Å². The van der Waals surface area contributed by atoms with Crippen LogP contribution in [0.2, 0.25) is 0 Å². The van der Waals surface area contributed by atoms with Crippen LogP contribution in [-0.2, 0) is 10.9 Å². The molecule has 0 atom stereocenters. The molecule has 0 amide bonds. The molecule has 2 N–H and O–H groups in total. The minimum atomic E-state index is -4.47. The normalized spacial score (nSPS) is 11.2. The number of hydrogen-bond donors (Lipinski definition) is 1. The zero-order valence-corrected chi connectivity index (χ0v) is 11.1. The summed E-state index contributed by atoms with van der Waals surface area (Å²) in [5.74, 6) is -0.636. The Balaban J connectivity index is 2.54. The van der Waals surface area contributed by atoms with E-state index in [-0.39, 0.29) is 22.4 Å². The summed E-state index contributed by atoms with van der Waals surface area (Å²) in [6.07, 6.45) is -4.47. The number of nitrogen functional groups attached to an aromatic ring is 1. The van der Waals surface area contributed by atoms with Crippen molar-refractivity contribution < 1.29 is 22.7 Å². The van der Waals surface area contributed by atoms with Crippen LogP contribution in [0.4, 0.5) is 18.9 Å². The summed E-state index contributed by atoms with van der Waals surface area (Å²) in [4.78, 5) is 11.4. The standard InChI is InChI=1S/C15H12F3NO2/c1-21-14(20)11-7-6-9(8-13(11)19)10-4-2-3-5-12(10)15(16,17)18/h2-8H,19H2,1H3. The molecule has 0 aliphatic heterocycles. The lowest BCUT2D eigenvalue weighted by Gasteiger charge is -2.14. The highest BCUT2D eigenvalue weighted by Gasteiger charge is 2.33. The van der Waals surface area contributed by atoms with Gasteiger partial charge in [-0.05, 0) is 29.3 Å². The quantitative estimate of drug-likeness (QED) is 0.678. The van der Waals surface area contributed by atoms with Crippen molar-refractivity contribution in [3.63, 3.8) is 0 Å². The van der Waals surface area contributed by atoms with Gasteiger partial charge >= 0.3 is 12.1 Å². The first-order valence-electron chi connectivity index (χ1n) is 5.99. The zero-order chi connectivity index (χ0) is 15.6. The Morgan fingerprint density at radius 2 is 1.81 bits per heavy atom. The topological polar surface area (TPSA) is 52.3 Å². The first kappa shape index (κ1) is 14.9. The predicted molar refractivity (Wildman–Crippen MR) is 72.6 cm³/mol. The molecule has 0 heterocycles. The van der Waals surface area contributed by atoms with Gasteiger partial charge in [0, 0.05) is 5.69 Å². The average molecular weight is 295 g/mol. The van der Waals surface area contributed by atoms with E-state index < -0.39 is 17.7 Å². The van der Waals surface area contributed by atoms with Gasteiger partial charge in [0.05, 0.1) is 18.2 Å². The fourth-order valence-electron chi connectivity index (χ4n) is 2.01. The van der Waals surface area contributed by atoms with Gasteiger partial charge in [0.1, 0.15) is 0 Å². The lowest BCUT2D eigenvalue weighted by molar-refractivity contribution is -0.137. The second-order valence-corrected chi connectivity index (χ2v) is 4.34. The molecule has 0 aliphatic rings. The molecular formula is C15H12F3NO2. The molecule has 0 unspecified atom stereocenters. The molecule has 0 spiro atoms. The van der Waals surface area contributed by atoms with Gasteiger partial charge in [-0.25, -0.2) is 4.79 Å². The molecule has 2 rings (SSSR count). The monoisotopic (exact) mass is 295 g/mol. The minimum Gasteiger partial charge on any atom is -0.465 e. The molecule has 0 saturated carbocycles. The highest BCUT2D eigenvalue weighted by Crippen LogP contribution is 2.37. The van der Waals surface area contributed by atoms with Crippen molar-refractivity contribution >= 4 is 11.7 Å². The zero-order valence-electron chi connectivity index (χ0n) is 11.1. The van der Waals surface area contributed by atoms with Crippen molar-refractivity contribution in [3.05, 3.63) is 53.6 Å². The van der Waals surface area contributed by atoms with E-state index in [0.717, 1.165) is 6.07 Å². The maximum Gasteiger partial charge on any atom is 0.417 e. The molecule has 0 aliphatic carbocycles. The first-order valence-corrected chi connectivity index (χ1v) is 5.99. The molecule has 2 aromatic carbocycles. The summed E-state index contributed by atoms with van der Waals surface area (Å²) < 4.78 is 43.5. The van der Waals surface area contributed by atoms with Gasteiger partial charge in [-0.15, -0.1) is 0 Å². The Kier molecular flexibility index (Phi) is 3.88. The smallest absolute Gasteiger partial charge is 0.417 e. The molecule has 0 bridgehead atoms. The maximum absolute atomic E-state index is 13.0. The highest BCUT2D eigenvalue weighted by atomic mass is 19.4. The molecule has 110 valence electrons. The van der Waals surface area contributed by atoms with E-state index in [9.17, 15) is 18.0 Å². The molecule has 21 heavy (non-hydrogen) atoms. The van der Waals surface area contributed by atoms with Crippen molar-refractivity contribution in [2.45, 2.75) is 6.18 Å². The molecule has 0 saturated heterocycles. The number of carbonyl (C=O) groups is 1. The largest absolute Gasteiger partial charge is 0.465 e. The van der Waals surface area contributed by atoms with E-state index in [1.54, 1.807) is 0 Å². The number of ether oxygens (including phenoxy) is 1. The van der Waals surface area contributed by atoms with E-state index >= 15 is 0 Å². The number of alkyl halides is 3. The van der Waals surface area contributed by atoms with E-state index in [2.05, 4.69) is 4.74 Å². The Morgan fingerprint density at radius 3 is 2.38 bits per heavy atom. The van der Waals surface area contributed by atoms with E-state index in [0.29, 0.717) is 0 Å². The molecule has 3 nitrogen and oxygen atoms in total. The van der Waals surface area contributed by atoms with Crippen LogP contribution in [0.25, 0.3) is 11.1 Å². The number of methoxy groups -OCH3 is 1. The number of esters is 1. The summed E-state index contributed by atoms with van der Waals surface area (Å²) in [6.45, 7) is 0. The number of carbonyl (C=O) groups excluding carboxylic acids is 1. The number of benzene rings is 2. The van der Waals surface area contributed by atoms with Gasteiger partial charge in [0.15, 0.2) is 0 Å². The predicted octanol–water partition coefficient (Wildman–Crippen LogP) is 3.74. The van der Waals surface area contributed by atoms with Crippen LogP contribution in [0.1, 0.15) is 15.9 Å². The van der Waals surface area contributed by atoms with Gasteiger partial charge in [0.2, 0.25) is 0 Å². The van der Waals surface area contributed by atoms with Crippen LogP contribution in [-0.4, -0.2) is 13.1 Å². The summed E-state index contributed by atoms with van der Waals surface area (Å²) in [5, 5.41) is 0. The third-order valence-electron chi connectivity index (χ3n) is 3.00. The molecule has 0 radical (unpaired) electrons. The van der Waals surface area contributed by atoms with Crippen LogP contribution in [0, 0.1) is 0 Å². The Morgan fingerprint density at radius 1 is 1.14 bits per heavy atom. The maximum atomic E-state index is 13.0. The van der Waals surface area contributed by atoms with Crippen LogP contribution in [0.15, 0.2) is 42.5 Å². The van der Waals surface area contributed by atoms with Gasteiger partial charge in [-0.3, -0.25) is 0 Å². The SMILES string of the molecule is COC(=O)c1ccc(-c2ccccc2C(F)(F)F)cc1N. The van der Waals surface area contributed by atoms with Gasteiger partial charge in [0.25, 0.3) is 0 Å². The molecule has 6 heteroatoms. The third-order valence-corrected chi connectivity index (χ3v) is 3.00. The van der Waals surface area contributed by atoms with E-state index in [1.165, 1.54) is 43.5 Å². The second-order valence-electron chi connectivity index (χ2n) is 4.34. The second kappa shape index (κ2) is 5.47. The van der Waals surface area contributed by atoms with Gasteiger partial charge in [-0.2, -0.15) is 13.2 Å². The van der Waals surface area contributed by atoms with Crippen molar-refractivity contribution in [2.24, 2.45) is 0 Å². The third kappa shape index (κ3) is 2.99. The summed E-state index contributed by atoms with van der Waals surface area (Å²) in [6, 6.07) is 9.27.